The van der Waals surface area contributed by atoms with Gasteiger partial charge in [-0.1, -0.05) is 0 Å². The Morgan fingerprint density at radius 2 is 1.86 bits per heavy atom. The number of hydrogen-bond acceptors (Lipinski definition) is 6. The second-order valence-corrected chi connectivity index (χ2v) is 9.33. The molecule has 1 atom stereocenters. The number of aryl methyl sites for hydroxylation is 2. The largest absolute Gasteiger partial charge is 0.491 e. The van der Waals surface area contributed by atoms with Gasteiger partial charge in [0.15, 0.2) is 0 Å². The molecule has 1 N–H and O–H groups in total. The van der Waals surface area contributed by atoms with E-state index in [9.17, 15) is 8.42 Å². The average Bonchev–Trinajstić information content (AvgIpc) is 3.10. The van der Waals surface area contributed by atoms with Crippen LogP contribution in [0.2, 0.25) is 0 Å². The summed E-state index contributed by atoms with van der Waals surface area (Å²) in [6, 6.07) is 8.54. The number of nitrogens with one attached hydrogen (secondary N) is 1. The molecule has 0 spiro atoms. The van der Waals surface area contributed by atoms with Crippen LogP contribution in [0.4, 0.5) is 0 Å². The Balaban J connectivity index is 1.76. The van der Waals surface area contributed by atoms with E-state index in [2.05, 4.69) is 9.62 Å². The quantitative estimate of drug-likeness (QED) is 0.704. The lowest BCUT2D eigenvalue weighted by Crippen LogP contribution is -2.43. The number of sulfonamides is 1. The zero-order valence-corrected chi connectivity index (χ0v) is 18.3. The van der Waals surface area contributed by atoms with Crippen LogP contribution in [0.25, 0.3) is 0 Å². The third-order valence-electron chi connectivity index (χ3n) is 4.86. The molecule has 1 saturated heterocycles. The molecule has 0 saturated carbocycles. The van der Waals surface area contributed by atoms with Crippen LogP contribution in [-0.2, 0) is 14.8 Å². The normalized spacial score (nSPS) is 16.9. The van der Waals surface area contributed by atoms with Gasteiger partial charge in [0, 0.05) is 19.6 Å². The first-order valence-electron chi connectivity index (χ1n) is 9.91. The molecule has 3 rings (SSSR count). The summed E-state index contributed by atoms with van der Waals surface area (Å²) in [4.78, 5) is 2.41. The minimum Gasteiger partial charge on any atom is -0.491 e. The number of ether oxygens (including phenoxy) is 2. The minimum atomic E-state index is -3.67. The summed E-state index contributed by atoms with van der Waals surface area (Å²) in [5, 5.41) is 0. The van der Waals surface area contributed by atoms with Gasteiger partial charge in [0.25, 0.3) is 0 Å². The molecule has 29 heavy (non-hydrogen) atoms. The van der Waals surface area contributed by atoms with E-state index in [1.54, 1.807) is 18.2 Å². The molecular weight excluding hydrogens is 392 g/mol. The number of nitrogens with zero attached hydrogens (tertiary/aromatic N) is 1. The Labute approximate surface area is 173 Å². The maximum atomic E-state index is 12.9. The van der Waals surface area contributed by atoms with Crippen LogP contribution in [0.1, 0.15) is 37.0 Å². The predicted octanol–water partition coefficient (Wildman–Crippen LogP) is 3.04. The van der Waals surface area contributed by atoms with Gasteiger partial charge < -0.3 is 13.9 Å². The molecule has 8 heteroatoms. The van der Waals surface area contributed by atoms with E-state index >= 15 is 0 Å². The zero-order valence-electron chi connectivity index (χ0n) is 17.5. The predicted molar refractivity (Wildman–Crippen MR) is 111 cm³/mol. The van der Waals surface area contributed by atoms with Crippen molar-refractivity contribution < 1.29 is 22.3 Å². The van der Waals surface area contributed by atoms with Crippen LogP contribution < -0.4 is 9.46 Å². The molecule has 2 aromatic rings. The van der Waals surface area contributed by atoms with Gasteiger partial charge in [-0.15, -0.1) is 0 Å². The molecular formula is C21H30N2O5S. The van der Waals surface area contributed by atoms with Crippen molar-refractivity contribution in [1.29, 1.82) is 0 Å². The summed E-state index contributed by atoms with van der Waals surface area (Å²) < 4.78 is 45.5. The molecule has 0 bridgehead atoms. The molecule has 2 heterocycles. The summed E-state index contributed by atoms with van der Waals surface area (Å²) >= 11 is 0. The van der Waals surface area contributed by atoms with Crippen molar-refractivity contribution in [2.45, 2.75) is 44.7 Å². The van der Waals surface area contributed by atoms with E-state index in [1.807, 2.05) is 39.8 Å². The summed E-state index contributed by atoms with van der Waals surface area (Å²) in [5.74, 6) is 2.25. The number of furan rings is 1. The van der Waals surface area contributed by atoms with Crippen molar-refractivity contribution >= 4 is 10.0 Å². The lowest BCUT2D eigenvalue weighted by atomic mass is 10.2. The molecule has 7 nitrogen and oxygen atoms in total. The van der Waals surface area contributed by atoms with Crippen LogP contribution in [0.3, 0.4) is 0 Å². The second-order valence-electron chi connectivity index (χ2n) is 7.56. The van der Waals surface area contributed by atoms with E-state index in [-0.39, 0.29) is 23.6 Å². The monoisotopic (exact) mass is 422 g/mol. The molecule has 0 radical (unpaired) electrons. The van der Waals surface area contributed by atoms with Gasteiger partial charge in [0.2, 0.25) is 10.0 Å². The Morgan fingerprint density at radius 3 is 2.45 bits per heavy atom. The van der Waals surface area contributed by atoms with Gasteiger partial charge in [0.1, 0.15) is 17.3 Å². The molecule has 160 valence electrons. The van der Waals surface area contributed by atoms with Crippen molar-refractivity contribution in [2.24, 2.45) is 0 Å². The SMILES string of the molecule is Cc1ccc(C(CNS(=O)(=O)c2ccc(OC(C)C)c(C)c2)N2CCOCC2)o1. The molecule has 1 fully saturated rings. The fraction of sp³-hybridized carbons (Fsp3) is 0.524. The van der Waals surface area contributed by atoms with Crippen molar-refractivity contribution in [3.8, 4) is 5.75 Å². The van der Waals surface area contributed by atoms with Gasteiger partial charge in [-0.25, -0.2) is 13.1 Å². The van der Waals surface area contributed by atoms with Crippen LogP contribution in [0.5, 0.6) is 5.75 Å². The molecule has 1 aliphatic rings. The first-order valence-corrected chi connectivity index (χ1v) is 11.4. The fourth-order valence-electron chi connectivity index (χ4n) is 3.38. The first-order chi connectivity index (χ1) is 13.8. The topological polar surface area (TPSA) is 81.0 Å². The highest BCUT2D eigenvalue weighted by Crippen LogP contribution is 2.26. The highest BCUT2D eigenvalue weighted by Gasteiger charge is 2.27. The minimum absolute atomic E-state index is 0.0281. The molecule has 1 aromatic heterocycles. The fourth-order valence-corrected chi connectivity index (χ4v) is 4.50. The van der Waals surface area contributed by atoms with Gasteiger partial charge in [-0.3, -0.25) is 4.90 Å². The van der Waals surface area contributed by atoms with Crippen molar-refractivity contribution in [1.82, 2.24) is 9.62 Å². The second kappa shape index (κ2) is 9.30. The molecule has 0 amide bonds. The zero-order chi connectivity index (χ0) is 21.0. The molecule has 1 aliphatic heterocycles. The van der Waals surface area contributed by atoms with Crippen LogP contribution >= 0.6 is 0 Å². The maximum absolute atomic E-state index is 12.9. The number of rotatable bonds is 8. The Kier molecular flexibility index (Phi) is 7.00. The van der Waals surface area contributed by atoms with Crippen molar-refractivity contribution in [2.75, 3.05) is 32.8 Å². The summed E-state index contributed by atoms with van der Waals surface area (Å²) in [6.07, 6.45) is 0.0281. The first kappa shape index (κ1) is 21.8. The Morgan fingerprint density at radius 1 is 1.14 bits per heavy atom. The van der Waals surface area contributed by atoms with Gasteiger partial charge in [0.05, 0.1) is 30.3 Å². The van der Waals surface area contributed by atoms with E-state index in [0.717, 1.165) is 30.2 Å². The summed E-state index contributed by atoms with van der Waals surface area (Å²) in [5.41, 5.74) is 0.785. The summed E-state index contributed by atoms with van der Waals surface area (Å²) in [7, 11) is -3.67. The smallest absolute Gasteiger partial charge is 0.240 e. The van der Waals surface area contributed by atoms with Gasteiger partial charge in [-0.05, 0) is 63.6 Å². The Bertz CT molecular complexity index is 917. The molecule has 1 aromatic carbocycles. The average molecular weight is 423 g/mol. The van der Waals surface area contributed by atoms with Gasteiger partial charge >= 0.3 is 0 Å². The van der Waals surface area contributed by atoms with Crippen molar-refractivity contribution in [3.05, 3.63) is 47.4 Å². The highest BCUT2D eigenvalue weighted by atomic mass is 32.2. The Hall–Kier alpha value is -1.87. The van der Waals surface area contributed by atoms with E-state index < -0.39 is 10.0 Å². The van der Waals surface area contributed by atoms with Crippen LogP contribution in [0, 0.1) is 13.8 Å². The standard InChI is InChI=1S/C21H30N2O5S/c1-15(2)27-20-8-6-18(13-16(20)3)29(24,25)22-14-19(21-7-5-17(4)28-21)23-9-11-26-12-10-23/h5-8,13,15,19,22H,9-12,14H2,1-4H3. The maximum Gasteiger partial charge on any atom is 0.240 e. The van der Waals surface area contributed by atoms with Crippen LogP contribution in [-0.4, -0.2) is 52.3 Å². The molecule has 0 aliphatic carbocycles. The molecule has 1 unspecified atom stereocenters. The third-order valence-corrected chi connectivity index (χ3v) is 6.28. The van der Waals surface area contributed by atoms with E-state index in [0.29, 0.717) is 19.0 Å². The highest BCUT2D eigenvalue weighted by molar-refractivity contribution is 7.89. The summed E-state index contributed by atoms with van der Waals surface area (Å²) in [6.45, 7) is 10.5. The van der Waals surface area contributed by atoms with Crippen LogP contribution in [0.15, 0.2) is 39.6 Å². The lowest BCUT2D eigenvalue weighted by Gasteiger charge is -2.33. The van der Waals surface area contributed by atoms with E-state index in [4.69, 9.17) is 13.9 Å². The number of morpholine rings is 1. The third kappa shape index (κ3) is 5.60. The lowest BCUT2D eigenvalue weighted by molar-refractivity contribution is 0.0127. The van der Waals surface area contributed by atoms with Gasteiger partial charge in [-0.2, -0.15) is 0 Å². The van der Waals surface area contributed by atoms with E-state index in [1.165, 1.54) is 0 Å². The van der Waals surface area contributed by atoms with Crippen molar-refractivity contribution in [3.63, 3.8) is 0 Å². The number of benzene rings is 1. The number of hydrogen-bond donors (Lipinski definition) is 1.